The highest BCUT2D eigenvalue weighted by atomic mass is 16.2. The molecule has 1 aromatic heterocycles. The number of fused-ring (bicyclic) bond motifs is 1. The molecule has 0 radical (unpaired) electrons. The van der Waals surface area contributed by atoms with E-state index in [1.807, 2.05) is 30.3 Å². The summed E-state index contributed by atoms with van der Waals surface area (Å²) in [6, 6.07) is 16.6. The minimum atomic E-state index is -0.277. The van der Waals surface area contributed by atoms with Gasteiger partial charge in [-0.3, -0.25) is 14.4 Å². The summed E-state index contributed by atoms with van der Waals surface area (Å²) in [6.45, 7) is 0.325. The third-order valence-corrected chi connectivity index (χ3v) is 4.03. The molecule has 7 heteroatoms. The number of H-pyrrole nitrogens is 1. The Balaban J connectivity index is 1.44. The Morgan fingerprint density at radius 1 is 0.926 bits per heavy atom. The summed E-state index contributed by atoms with van der Waals surface area (Å²) >= 11 is 0. The number of hydrogen-bond donors (Lipinski definition) is 3. The first-order valence-electron chi connectivity index (χ1n) is 8.67. The fourth-order valence-electron chi connectivity index (χ4n) is 2.61. The summed E-state index contributed by atoms with van der Waals surface area (Å²) in [5.41, 5.74) is 1.36. The van der Waals surface area contributed by atoms with E-state index in [9.17, 15) is 14.4 Å². The number of aryl methyl sites for hydroxylation is 1. The van der Waals surface area contributed by atoms with Crippen LogP contribution in [0.3, 0.4) is 0 Å². The number of para-hydroxylation sites is 1. The molecule has 2 aromatic carbocycles. The molecule has 0 saturated heterocycles. The second kappa shape index (κ2) is 8.75. The molecule has 0 fully saturated rings. The van der Waals surface area contributed by atoms with Gasteiger partial charge in [0.2, 0.25) is 11.8 Å². The Kier molecular flexibility index (Phi) is 5.94. The molecule has 2 amide bonds. The monoisotopic (exact) mass is 364 g/mol. The van der Waals surface area contributed by atoms with Gasteiger partial charge in [-0.1, -0.05) is 42.5 Å². The van der Waals surface area contributed by atoms with Crippen LogP contribution in [-0.2, 0) is 22.6 Å². The highest BCUT2D eigenvalue weighted by Crippen LogP contribution is 2.06. The molecule has 0 atom stereocenters. The fraction of sp³-hybridized carbons (Fsp3) is 0.200. The van der Waals surface area contributed by atoms with E-state index >= 15 is 0 Å². The summed E-state index contributed by atoms with van der Waals surface area (Å²) in [5.74, 6) is -0.0903. The van der Waals surface area contributed by atoms with Crippen LogP contribution in [0.15, 0.2) is 59.4 Å². The highest BCUT2D eigenvalue weighted by molar-refractivity contribution is 5.84. The molecule has 3 rings (SSSR count). The Bertz CT molecular complexity index is 999. The lowest BCUT2D eigenvalue weighted by Crippen LogP contribution is -2.36. The van der Waals surface area contributed by atoms with Crippen molar-refractivity contribution in [1.29, 1.82) is 0 Å². The molecule has 0 saturated carbocycles. The topological polar surface area (TPSA) is 104 Å². The van der Waals surface area contributed by atoms with Gasteiger partial charge in [0.25, 0.3) is 5.56 Å². The van der Waals surface area contributed by atoms with Crippen LogP contribution in [0, 0.1) is 0 Å². The van der Waals surface area contributed by atoms with Crippen molar-refractivity contribution in [2.75, 3.05) is 6.54 Å². The number of aromatic amines is 1. The van der Waals surface area contributed by atoms with E-state index in [1.165, 1.54) is 0 Å². The van der Waals surface area contributed by atoms with E-state index in [0.717, 1.165) is 5.56 Å². The number of carbonyl (C=O) groups excluding carboxylic acids is 2. The third kappa shape index (κ3) is 5.24. The van der Waals surface area contributed by atoms with Crippen LogP contribution in [0.1, 0.15) is 17.8 Å². The van der Waals surface area contributed by atoms with Crippen molar-refractivity contribution in [2.24, 2.45) is 0 Å². The molecule has 7 nitrogen and oxygen atoms in total. The van der Waals surface area contributed by atoms with E-state index in [4.69, 9.17) is 0 Å². The molecule has 3 aromatic rings. The maximum atomic E-state index is 12.0. The van der Waals surface area contributed by atoms with Gasteiger partial charge >= 0.3 is 0 Å². The van der Waals surface area contributed by atoms with Gasteiger partial charge in [-0.15, -0.1) is 0 Å². The Labute approximate surface area is 155 Å². The van der Waals surface area contributed by atoms with Crippen molar-refractivity contribution in [3.8, 4) is 0 Å². The second-order valence-electron chi connectivity index (χ2n) is 6.07. The van der Waals surface area contributed by atoms with Crippen LogP contribution in [0.5, 0.6) is 0 Å². The Morgan fingerprint density at radius 2 is 1.67 bits per heavy atom. The zero-order valence-corrected chi connectivity index (χ0v) is 14.7. The van der Waals surface area contributed by atoms with Gasteiger partial charge in [0.15, 0.2) is 0 Å². The number of nitrogens with one attached hydrogen (secondary N) is 3. The molecule has 0 aliphatic carbocycles. The second-order valence-corrected chi connectivity index (χ2v) is 6.07. The number of carbonyl (C=O) groups is 2. The Hall–Kier alpha value is -3.48. The first-order valence-corrected chi connectivity index (χ1v) is 8.67. The van der Waals surface area contributed by atoms with Crippen molar-refractivity contribution < 1.29 is 9.59 Å². The van der Waals surface area contributed by atoms with Gasteiger partial charge in [-0.25, -0.2) is 4.98 Å². The van der Waals surface area contributed by atoms with Gasteiger partial charge in [0, 0.05) is 19.4 Å². The van der Waals surface area contributed by atoms with Crippen molar-refractivity contribution in [3.63, 3.8) is 0 Å². The molecule has 0 unspecified atom stereocenters. The maximum Gasteiger partial charge on any atom is 0.258 e. The van der Waals surface area contributed by atoms with E-state index in [2.05, 4.69) is 20.6 Å². The van der Waals surface area contributed by atoms with Crippen molar-refractivity contribution in [2.45, 2.75) is 19.4 Å². The average Bonchev–Trinajstić information content (AvgIpc) is 2.70. The van der Waals surface area contributed by atoms with Gasteiger partial charge in [0.05, 0.1) is 17.4 Å². The summed E-state index contributed by atoms with van der Waals surface area (Å²) in [4.78, 5) is 42.8. The van der Waals surface area contributed by atoms with Gasteiger partial charge < -0.3 is 15.6 Å². The van der Waals surface area contributed by atoms with Crippen LogP contribution >= 0.6 is 0 Å². The van der Waals surface area contributed by atoms with Gasteiger partial charge in [-0.05, 0) is 17.7 Å². The molecular weight excluding hydrogens is 344 g/mol. The van der Waals surface area contributed by atoms with Crippen molar-refractivity contribution >= 4 is 22.7 Å². The minimum Gasteiger partial charge on any atom is -0.350 e. The normalized spacial score (nSPS) is 10.5. The van der Waals surface area contributed by atoms with Crippen molar-refractivity contribution in [3.05, 3.63) is 76.3 Å². The maximum absolute atomic E-state index is 12.0. The summed E-state index contributed by atoms with van der Waals surface area (Å²) in [5, 5.41) is 5.83. The first-order chi connectivity index (χ1) is 13.1. The number of benzene rings is 2. The van der Waals surface area contributed by atoms with Crippen LogP contribution in [0.25, 0.3) is 10.9 Å². The molecule has 3 N–H and O–H groups in total. The number of amides is 2. The highest BCUT2D eigenvalue weighted by Gasteiger charge is 2.08. The summed E-state index contributed by atoms with van der Waals surface area (Å²) in [6.07, 6.45) is 0.421. The fourth-order valence-corrected chi connectivity index (χ4v) is 2.61. The van der Waals surface area contributed by atoms with Gasteiger partial charge in [0.1, 0.15) is 5.82 Å². The predicted octanol–water partition coefficient (Wildman–Crippen LogP) is 1.29. The molecule has 0 aliphatic heterocycles. The van der Waals surface area contributed by atoms with Crippen molar-refractivity contribution in [1.82, 2.24) is 20.6 Å². The molecule has 0 spiro atoms. The minimum absolute atomic E-state index is 0.0899. The number of nitrogens with zero attached hydrogens (tertiary/aromatic N) is 1. The zero-order chi connectivity index (χ0) is 19.1. The first kappa shape index (κ1) is 18.3. The lowest BCUT2D eigenvalue weighted by atomic mass is 10.2. The number of rotatable bonds is 7. The average molecular weight is 364 g/mol. The SMILES string of the molecule is O=C(CCc1nc2ccccc2c(=O)[nH]1)NCC(=O)NCc1ccccc1. The molecule has 0 bridgehead atoms. The van der Waals surface area contributed by atoms with Gasteiger partial charge in [-0.2, -0.15) is 0 Å². The van der Waals surface area contributed by atoms with Crippen LogP contribution < -0.4 is 16.2 Å². The lowest BCUT2D eigenvalue weighted by molar-refractivity contribution is -0.126. The zero-order valence-electron chi connectivity index (χ0n) is 14.7. The largest absolute Gasteiger partial charge is 0.350 e. The quantitative estimate of drug-likeness (QED) is 0.588. The summed E-state index contributed by atoms with van der Waals surface area (Å²) in [7, 11) is 0. The number of aromatic nitrogens is 2. The molecular formula is C20H20N4O3. The number of hydrogen-bond acceptors (Lipinski definition) is 4. The summed E-state index contributed by atoms with van der Waals surface area (Å²) < 4.78 is 0. The van der Waals surface area contributed by atoms with E-state index in [1.54, 1.807) is 24.3 Å². The van der Waals surface area contributed by atoms with E-state index in [0.29, 0.717) is 23.3 Å². The van der Waals surface area contributed by atoms with Crippen LogP contribution in [-0.4, -0.2) is 28.3 Å². The standard InChI is InChI=1S/C20H20N4O3/c25-18(22-13-19(26)21-12-14-6-2-1-3-7-14)11-10-17-23-16-9-5-4-8-15(16)20(27)24-17/h1-9H,10-13H2,(H,21,26)(H,22,25)(H,23,24,27). The third-order valence-electron chi connectivity index (χ3n) is 4.03. The van der Waals surface area contributed by atoms with E-state index in [-0.39, 0.29) is 36.8 Å². The van der Waals surface area contributed by atoms with Crippen LogP contribution in [0.2, 0.25) is 0 Å². The molecule has 138 valence electrons. The Morgan fingerprint density at radius 3 is 2.48 bits per heavy atom. The predicted molar refractivity (Wildman–Crippen MR) is 102 cm³/mol. The van der Waals surface area contributed by atoms with E-state index < -0.39 is 0 Å². The lowest BCUT2D eigenvalue weighted by Gasteiger charge is -2.07. The molecule has 0 aliphatic rings. The smallest absolute Gasteiger partial charge is 0.258 e. The molecule has 27 heavy (non-hydrogen) atoms. The van der Waals surface area contributed by atoms with Crippen LogP contribution in [0.4, 0.5) is 0 Å². The molecule has 1 heterocycles.